The maximum Gasteiger partial charge on any atom is 1.00 e. The van der Waals surface area contributed by atoms with Gasteiger partial charge in [-0.25, -0.2) is 0 Å². The van der Waals surface area contributed by atoms with Gasteiger partial charge in [0.2, 0.25) is 0 Å². The van der Waals surface area contributed by atoms with Crippen LogP contribution in [0.1, 0.15) is 33.1 Å². The average molecular weight is 95.1 g/mol. The number of hydrogen-bond donors (Lipinski definition) is 0. The Morgan fingerprint density at radius 1 is 1.00 bits per heavy atom. The second-order valence-corrected chi connectivity index (χ2v) is 1.35. The summed E-state index contributed by atoms with van der Waals surface area (Å²) in [6.45, 7) is 4.42. The van der Waals surface area contributed by atoms with Gasteiger partial charge in [0.25, 0.3) is 0 Å². The molecule has 6 heavy (non-hydrogen) atoms. The van der Waals surface area contributed by atoms with Crippen LogP contribution >= 0.6 is 0 Å². The van der Waals surface area contributed by atoms with E-state index in [9.17, 15) is 0 Å². The normalized spacial score (nSPS) is 7.00. The predicted octanol–water partition coefficient (Wildman–Crippen LogP) is -0.799. The van der Waals surface area contributed by atoms with Gasteiger partial charge in [-0.05, 0) is 0 Å². The second kappa shape index (κ2) is 9.38. The number of unbranched alkanes of at least 4 members (excludes halogenated alkanes) is 2. The van der Waals surface area contributed by atoms with E-state index in [1.165, 1.54) is 19.3 Å². The molecule has 0 nitrogen and oxygen atoms in total. The molecule has 0 aromatic carbocycles. The van der Waals surface area contributed by atoms with E-state index in [1.807, 2.05) is 0 Å². The van der Waals surface area contributed by atoms with Crippen LogP contribution in [0.4, 0.5) is 0 Å². The van der Waals surface area contributed by atoms with Gasteiger partial charge in [0.1, 0.15) is 0 Å². The molecule has 0 radical (unpaired) electrons. The molecule has 0 amide bonds. The van der Waals surface area contributed by atoms with Crippen LogP contribution in [0.15, 0.2) is 0 Å². The zero-order valence-corrected chi connectivity index (χ0v) is 7.12. The Kier molecular flexibility index (Phi) is 15.8. The molecule has 0 fully saturated rings. The smallest absolute Gasteiger partial charge is 0.0654 e. The molecular formula is C5H12Na+. The monoisotopic (exact) mass is 95.1 g/mol. The van der Waals surface area contributed by atoms with Gasteiger partial charge in [-0.2, -0.15) is 0 Å². The quantitative estimate of drug-likeness (QED) is 0.394. The fourth-order valence-corrected chi connectivity index (χ4v) is 0.354. The largest absolute Gasteiger partial charge is 1.00 e. The summed E-state index contributed by atoms with van der Waals surface area (Å²) >= 11 is 0. The van der Waals surface area contributed by atoms with Crippen molar-refractivity contribution in [3.8, 4) is 0 Å². The van der Waals surface area contributed by atoms with Crippen molar-refractivity contribution < 1.29 is 29.6 Å². The zero-order chi connectivity index (χ0) is 4.12. The molecule has 0 aromatic heterocycles. The van der Waals surface area contributed by atoms with Crippen molar-refractivity contribution in [1.82, 2.24) is 0 Å². The van der Waals surface area contributed by atoms with Crippen molar-refractivity contribution in [2.75, 3.05) is 0 Å². The first-order valence-electron chi connectivity index (χ1n) is 2.41. The molecule has 0 heterocycles. The third-order valence-electron chi connectivity index (χ3n) is 0.707. The van der Waals surface area contributed by atoms with E-state index in [-0.39, 0.29) is 29.6 Å². The number of rotatable bonds is 2. The minimum Gasteiger partial charge on any atom is -0.0654 e. The Labute approximate surface area is 62.6 Å². The molecule has 0 aliphatic carbocycles. The van der Waals surface area contributed by atoms with Crippen molar-refractivity contribution >= 4 is 0 Å². The van der Waals surface area contributed by atoms with Gasteiger partial charge in [0, 0.05) is 0 Å². The van der Waals surface area contributed by atoms with Crippen LogP contribution < -0.4 is 29.6 Å². The van der Waals surface area contributed by atoms with Crippen LogP contribution in [0.5, 0.6) is 0 Å². The Balaban J connectivity index is 0. The van der Waals surface area contributed by atoms with Crippen molar-refractivity contribution in [3.63, 3.8) is 0 Å². The maximum atomic E-state index is 2.21. The summed E-state index contributed by atoms with van der Waals surface area (Å²) in [4.78, 5) is 0. The molecule has 0 aliphatic heterocycles. The topological polar surface area (TPSA) is 0 Å². The first kappa shape index (κ1) is 10.1. The van der Waals surface area contributed by atoms with Crippen LogP contribution in [0, 0.1) is 0 Å². The van der Waals surface area contributed by atoms with E-state index in [2.05, 4.69) is 13.8 Å². The standard InChI is InChI=1S/C5H12.Na/c1-3-5-4-2;/h3-5H2,1-2H3;/q;+1. The summed E-state index contributed by atoms with van der Waals surface area (Å²) in [7, 11) is 0. The molecule has 0 rings (SSSR count). The van der Waals surface area contributed by atoms with E-state index in [1.54, 1.807) is 0 Å². The third kappa shape index (κ3) is 8.89. The Bertz CT molecular complexity index is 11.4. The summed E-state index contributed by atoms with van der Waals surface area (Å²) in [5.74, 6) is 0. The van der Waals surface area contributed by atoms with Crippen LogP contribution in [0.2, 0.25) is 0 Å². The average Bonchev–Trinajstić information content (AvgIpc) is 1.41. The van der Waals surface area contributed by atoms with Crippen molar-refractivity contribution in [3.05, 3.63) is 0 Å². The van der Waals surface area contributed by atoms with Crippen molar-refractivity contribution in [2.24, 2.45) is 0 Å². The SMILES string of the molecule is CCCCC.[Na+]. The fourth-order valence-electron chi connectivity index (χ4n) is 0.354. The number of hydrogen-bond acceptors (Lipinski definition) is 0. The van der Waals surface area contributed by atoms with Gasteiger partial charge in [-0.1, -0.05) is 33.1 Å². The van der Waals surface area contributed by atoms with Crippen LogP contribution in [-0.4, -0.2) is 0 Å². The zero-order valence-electron chi connectivity index (χ0n) is 5.12. The molecule has 0 saturated carbocycles. The maximum absolute atomic E-state index is 2.21. The summed E-state index contributed by atoms with van der Waals surface area (Å²) in [6.07, 6.45) is 4.08. The van der Waals surface area contributed by atoms with Crippen LogP contribution in [-0.2, 0) is 0 Å². The van der Waals surface area contributed by atoms with Crippen molar-refractivity contribution in [1.29, 1.82) is 0 Å². The van der Waals surface area contributed by atoms with Gasteiger partial charge in [-0.3, -0.25) is 0 Å². The van der Waals surface area contributed by atoms with Gasteiger partial charge >= 0.3 is 29.6 Å². The summed E-state index contributed by atoms with van der Waals surface area (Å²) in [6, 6.07) is 0. The second-order valence-electron chi connectivity index (χ2n) is 1.35. The molecule has 1 heteroatoms. The summed E-state index contributed by atoms with van der Waals surface area (Å²) in [5, 5.41) is 0. The van der Waals surface area contributed by atoms with E-state index >= 15 is 0 Å². The molecule has 0 bridgehead atoms. The fraction of sp³-hybridized carbons (Fsp3) is 1.00. The molecule has 0 aliphatic rings. The van der Waals surface area contributed by atoms with Gasteiger partial charge < -0.3 is 0 Å². The molecule has 0 N–H and O–H groups in total. The summed E-state index contributed by atoms with van der Waals surface area (Å²) in [5.41, 5.74) is 0. The van der Waals surface area contributed by atoms with Crippen LogP contribution in [0.3, 0.4) is 0 Å². The molecule has 0 saturated heterocycles. The van der Waals surface area contributed by atoms with E-state index in [4.69, 9.17) is 0 Å². The van der Waals surface area contributed by atoms with Gasteiger partial charge in [-0.15, -0.1) is 0 Å². The Hall–Kier alpha value is 1.00. The van der Waals surface area contributed by atoms with Crippen molar-refractivity contribution in [2.45, 2.75) is 33.1 Å². The van der Waals surface area contributed by atoms with E-state index in [0.29, 0.717) is 0 Å². The molecule has 0 unspecified atom stereocenters. The molecular weight excluding hydrogens is 83.0 g/mol. The Morgan fingerprint density at radius 2 is 1.33 bits per heavy atom. The molecule has 0 spiro atoms. The minimum atomic E-state index is 0. The van der Waals surface area contributed by atoms with Gasteiger partial charge in [0.15, 0.2) is 0 Å². The Morgan fingerprint density at radius 3 is 1.33 bits per heavy atom. The first-order valence-corrected chi connectivity index (χ1v) is 2.41. The molecule has 0 atom stereocenters. The summed E-state index contributed by atoms with van der Waals surface area (Å²) < 4.78 is 0. The molecule has 0 aromatic rings. The van der Waals surface area contributed by atoms with E-state index < -0.39 is 0 Å². The predicted molar refractivity (Wildman–Crippen MR) is 25.2 cm³/mol. The minimum absolute atomic E-state index is 0. The van der Waals surface area contributed by atoms with Gasteiger partial charge in [0.05, 0.1) is 0 Å². The third-order valence-corrected chi connectivity index (χ3v) is 0.707. The first-order chi connectivity index (χ1) is 2.41. The molecule has 32 valence electrons. The van der Waals surface area contributed by atoms with E-state index in [0.717, 1.165) is 0 Å². The van der Waals surface area contributed by atoms with Crippen LogP contribution in [0.25, 0.3) is 0 Å².